The Hall–Kier alpha value is -1.44. The van der Waals surface area contributed by atoms with Gasteiger partial charge in [0, 0.05) is 25.6 Å². The molecular weight excluding hydrogens is 302 g/mol. The summed E-state index contributed by atoms with van der Waals surface area (Å²) in [6, 6.07) is 1.85. The van der Waals surface area contributed by atoms with Gasteiger partial charge in [-0.25, -0.2) is 0 Å². The van der Waals surface area contributed by atoms with Crippen molar-refractivity contribution >= 4 is 27.5 Å². The van der Waals surface area contributed by atoms with Crippen LogP contribution in [0.25, 0.3) is 10.2 Å². The molecule has 0 aromatic carbocycles. The number of hydrogen-bond donors (Lipinski definition) is 2. The lowest BCUT2D eigenvalue weighted by Gasteiger charge is -2.11. The number of aliphatic hydroxyl groups is 1. The highest BCUT2D eigenvalue weighted by atomic mass is 32.1. The minimum Gasteiger partial charge on any atom is -0.389 e. The highest BCUT2D eigenvalue weighted by molar-refractivity contribution is 7.20. The molecule has 2 aromatic heterocycles. The van der Waals surface area contributed by atoms with Crippen LogP contribution in [-0.4, -0.2) is 46.7 Å². The Morgan fingerprint density at radius 1 is 1.64 bits per heavy atom. The van der Waals surface area contributed by atoms with Crippen molar-refractivity contribution < 1.29 is 14.6 Å². The number of aryl methyl sites for hydroxylation is 2. The Labute approximate surface area is 133 Å². The molecule has 1 aliphatic rings. The van der Waals surface area contributed by atoms with E-state index in [1.165, 1.54) is 24.2 Å². The fraction of sp³-hybridized carbons (Fsp3) is 0.600. The van der Waals surface area contributed by atoms with E-state index in [-0.39, 0.29) is 19.1 Å². The van der Waals surface area contributed by atoms with E-state index in [0.29, 0.717) is 17.4 Å². The van der Waals surface area contributed by atoms with Crippen molar-refractivity contribution in [1.29, 1.82) is 0 Å². The minimum absolute atomic E-state index is 0.165. The van der Waals surface area contributed by atoms with Crippen LogP contribution in [0.5, 0.6) is 0 Å². The van der Waals surface area contributed by atoms with Crippen molar-refractivity contribution in [3.05, 3.63) is 16.6 Å². The molecule has 2 heterocycles. The minimum atomic E-state index is -0.666. The van der Waals surface area contributed by atoms with E-state index in [1.54, 1.807) is 4.68 Å². The van der Waals surface area contributed by atoms with Crippen molar-refractivity contribution in [2.24, 2.45) is 13.0 Å². The Morgan fingerprint density at radius 2 is 2.41 bits per heavy atom. The summed E-state index contributed by atoms with van der Waals surface area (Å²) in [5.41, 5.74) is 0.918. The summed E-state index contributed by atoms with van der Waals surface area (Å²) >= 11 is 1.41. The molecule has 6 nitrogen and oxygen atoms in total. The average Bonchev–Trinajstić information content (AvgIpc) is 3.11. The first-order chi connectivity index (χ1) is 10.5. The van der Waals surface area contributed by atoms with Gasteiger partial charge in [-0.2, -0.15) is 5.10 Å². The number of aliphatic hydroxyl groups excluding tert-OH is 1. The van der Waals surface area contributed by atoms with E-state index in [1.807, 2.05) is 20.0 Å². The SMILES string of the molecule is Cc1nn(C)c2sc(C(=O)NC[C@@H](O)COCC3CC3)cc12. The number of fused-ring (bicyclic) bond motifs is 1. The Bertz CT molecular complexity index is 640. The molecule has 22 heavy (non-hydrogen) atoms. The third-order valence-corrected chi connectivity index (χ3v) is 4.98. The first kappa shape index (κ1) is 15.5. The third kappa shape index (κ3) is 3.48. The van der Waals surface area contributed by atoms with Crippen LogP contribution in [0.15, 0.2) is 6.07 Å². The fourth-order valence-corrected chi connectivity index (χ4v) is 3.37. The van der Waals surface area contributed by atoms with Crippen molar-refractivity contribution in [2.45, 2.75) is 25.9 Å². The van der Waals surface area contributed by atoms with Crippen LogP contribution >= 0.6 is 11.3 Å². The van der Waals surface area contributed by atoms with E-state index in [2.05, 4.69) is 10.4 Å². The van der Waals surface area contributed by atoms with Gasteiger partial charge < -0.3 is 15.2 Å². The van der Waals surface area contributed by atoms with Gasteiger partial charge in [-0.15, -0.1) is 11.3 Å². The van der Waals surface area contributed by atoms with Crippen LogP contribution in [-0.2, 0) is 11.8 Å². The largest absolute Gasteiger partial charge is 0.389 e. The summed E-state index contributed by atoms with van der Waals surface area (Å²) in [6.07, 6.45) is 1.79. The van der Waals surface area contributed by atoms with Crippen LogP contribution in [0.2, 0.25) is 0 Å². The molecular formula is C15H21N3O3S. The summed E-state index contributed by atoms with van der Waals surface area (Å²) < 4.78 is 7.20. The van der Waals surface area contributed by atoms with E-state index >= 15 is 0 Å². The maximum absolute atomic E-state index is 12.1. The Balaban J connectivity index is 1.50. The molecule has 0 aliphatic heterocycles. The highest BCUT2D eigenvalue weighted by Crippen LogP contribution is 2.29. The Kier molecular flexibility index (Phi) is 4.46. The predicted molar refractivity (Wildman–Crippen MR) is 85.2 cm³/mol. The molecule has 0 radical (unpaired) electrons. The van der Waals surface area contributed by atoms with Gasteiger partial charge >= 0.3 is 0 Å². The van der Waals surface area contributed by atoms with E-state index in [0.717, 1.165) is 15.9 Å². The number of carbonyl (C=O) groups excluding carboxylic acids is 1. The van der Waals surface area contributed by atoms with Crippen molar-refractivity contribution in [3.63, 3.8) is 0 Å². The summed E-state index contributed by atoms with van der Waals surface area (Å²) in [4.78, 5) is 13.8. The molecule has 0 saturated heterocycles. The number of carbonyl (C=O) groups is 1. The van der Waals surface area contributed by atoms with Gasteiger partial charge in [-0.05, 0) is 31.7 Å². The lowest BCUT2D eigenvalue weighted by molar-refractivity contribution is 0.0321. The standard InChI is InChI=1S/C15H21N3O3S/c1-9-12-5-13(22-15(12)18(2)17-9)14(20)16-6-11(19)8-21-7-10-3-4-10/h5,10-11,19H,3-4,6-8H2,1-2H3,(H,16,20)/t11-/m1/s1. The molecule has 3 rings (SSSR count). The number of thiophene rings is 1. The smallest absolute Gasteiger partial charge is 0.261 e. The van der Waals surface area contributed by atoms with Crippen LogP contribution in [0.4, 0.5) is 0 Å². The lowest BCUT2D eigenvalue weighted by Crippen LogP contribution is -2.34. The molecule has 0 unspecified atom stereocenters. The van der Waals surface area contributed by atoms with Crippen molar-refractivity contribution in [1.82, 2.24) is 15.1 Å². The van der Waals surface area contributed by atoms with Gasteiger partial charge in [0.15, 0.2) is 0 Å². The number of nitrogens with zero attached hydrogens (tertiary/aromatic N) is 2. The van der Waals surface area contributed by atoms with E-state index < -0.39 is 6.10 Å². The monoisotopic (exact) mass is 323 g/mol. The molecule has 1 saturated carbocycles. The fourth-order valence-electron chi connectivity index (χ4n) is 2.33. The average molecular weight is 323 g/mol. The zero-order valence-electron chi connectivity index (χ0n) is 12.8. The number of aromatic nitrogens is 2. The number of nitrogens with one attached hydrogen (secondary N) is 1. The second-order valence-corrected chi connectivity index (χ2v) is 6.91. The van der Waals surface area contributed by atoms with Crippen LogP contribution in [0.1, 0.15) is 28.2 Å². The molecule has 120 valence electrons. The van der Waals surface area contributed by atoms with Crippen LogP contribution in [0, 0.1) is 12.8 Å². The predicted octanol–water partition coefficient (Wildman–Crippen LogP) is 1.46. The number of hydrogen-bond acceptors (Lipinski definition) is 5. The zero-order valence-corrected chi connectivity index (χ0v) is 13.7. The van der Waals surface area contributed by atoms with Crippen LogP contribution < -0.4 is 5.32 Å². The molecule has 1 aliphatic carbocycles. The molecule has 2 N–H and O–H groups in total. The zero-order chi connectivity index (χ0) is 15.7. The molecule has 1 fully saturated rings. The molecule has 2 aromatic rings. The van der Waals surface area contributed by atoms with Gasteiger partial charge in [-0.1, -0.05) is 0 Å². The van der Waals surface area contributed by atoms with E-state index in [4.69, 9.17) is 4.74 Å². The van der Waals surface area contributed by atoms with E-state index in [9.17, 15) is 9.90 Å². The summed E-state index contributed by atoms with van der Waals surface area (Å²) in [6.45, 7) is 3.12. The maximum Gasteiger partial charge on any atom is 0.261 e. The maximum atomic E-state index is 12.1. The summed E-state index contributed by atoms with van der Waals surface area (Å²) in [5.74, 6) is 0.513. The van der Waals surface area contributed by atoms with Gasteiger partial charge in [-0.3, -0.25) is 9.48 Å². The topological polar surface area (TPSA) is 76.4 Å². The molecule has 1 amide bonds. The van der Waals surface area contributed by atoms with Gasteiger partial charge in [0.2, 0.25) is 0 Å². The molecule has 0 bridgehead atoms. The normalized spacial score (nSPS) is 16.1. The number of ether oxygens (including phenoxy) is 1. The van der Waals surface area contributed by atoms with Gasteiger partial charge in [0.05, 0.1) is 23.3 Å². The number of amides is 1. The Morgan fingerprint density at radius 3 is 3.09 bits per heavy atom. The lowest BCUT2D eigenvalue weighted by atomic mass is 10.3. The quantitative estimate of drug-likeness (QED) is 0.809. The summed E-state index contributed by atoms with van der Waals surface area (Å²) in [5, 5.41) is 17.9. The van der Waals surface area contributed by atoms with Crippen LogP contribution in [0.3, 0.4) is 0 Å². The first-order valence-corrected chi connectivity index (χ1v) is 8.33. The summed E-state index contributed by atoms with van der Waals surface area (Å²) in [7, 11) is 1.87. The number of rotatable bonds is 7. The highest BCUT2D eigenvalue weighted by Gasteiger charge is 2.22. The van der Waals surface area contributed by atoms with Gasteiger partial charge in [0.25, 0.3) is 5.91 Å². The van der Waals surface area contributed by atoms with Gasteiger partial charge in [0.1, 0.15) is 4.83 Å². The molecule has 7 heteroatoms. The van der Waals surface area contributed by atoms with Crippen molar-refractivity contribution in [2.75, 3.05) is 19.8 Å². The molecule has 0 spiro atoms. The second kappa shape index (κ2) is 6.36. The second-order valence-electron chi connectivity index (χ2n) is 5.88. The molecule has 1 atom stereocenters. The third-order valence-electron chi connectivity index (χ3n) is 3.78. The first-order valence-electron chi connectivity index (χ1n) is 7.51. The van der Waals surface area contributed by atoms with Crippen molar-refractivity contribution in [3.8, 4) is 0 Å².